The molecule has 0 aliphatic carbocycles. The first-order valence-electron chi connectivity index (χ1n) is 7.72. The first-order valence-corrected chi connectivity index (χ1v) is 9.40. The highest BCUT2D eigenvalue weighted by atomic mass is 79.9. The summed E-state index contributed by atoms with van der Waals surface area (Å²) in [4.78, 5) is 5.38. The number of nitriles is 1. The number of nitrogens with zero attached hydrogens (tertiary/aromatic N) is 4. The fourth-order valence-electron chi connectivity index (χ4n) is 2.27. The topological polar surface area (TPSA) is 53.4 Å². The molecular weight excluding hydrogens is 396 g/mol. The third kappa shape index (κ3) is 4.13. The van der Waals surface area contributed by atoms with Crippen LogP contribution >= 0.6 is 27.3 Å². The van der Waals surface area contributed by atoms with Crippen LogP contribution in [0.3, 0.4) is 0 Å². The zero-order valence-corrected chi connectivity index (χ0v) is 16.0. The molecule has 0 fully saturated rings. The molecule has 1 aromatic heterocycles. The van der Waals surface area contributed by atoms with Gasteiger partial charge in [0.15, 0.2) is 0 Å². The van der Waals surface area contributed by atoms with E-state index in [1.54, 1.807) is 29.7 Å². The second-order valence-corrected chi connectivity index (χ2v) is 6.93. The number of hydrogen-bond donors (Lipinski definition) is 0. The molecule has 0 saturated carbocycles. The zero-order valence-electron chi connectivity index (χ0n) is 13.6. The normalized spacial score (nSPS) is 11.8. The maximum absolute atomic E-state index is 8.89. The van der Waals surface area contributed by atoms with E-state index < -0.39 is 0 Å². The summed E-state index contributed by atoms with van der Waals surface area (Å²) in [5.74, 6) is 0. The Labute approximate surface area is 158 Å². The average molecular weight is 411 g/mol. The van der Waals surface area contributed by atoms with E-state index in [1.807, 2.05) is 35.9 Å². The van der Waals surface area contributed by atoms with Gasteiger partial charge in [-0.25, -0.2) is 4.68 Å². The van der Waals surface area contributed by atoms with Crippen molar-refractivity contribution in [2.24, 2.45) is 10.1 Å². The lowest BCUT2D eigenvalue weighted by Crippen LogP contribution is -2.12. The number of benzene rings is 2. The summed E-state index contributed by atoms with van der Waals surface area (Å²) in [6.07, 6.45) is 1.78. The average Bonchev–Trinajstić information content (AvgIpc) is 3.03. The van der Waals surface area contributed by atoms with Gasteiger partial charge in [0.05, 0.1) is 23.5 Å². The quantitative estimate of drug-likeness (QED) is 0.577. The highest BCUT2D eigenvalue weighted by molar-refractivity contribution is 9.10. The molecule has 0 radical (unpaired) electrons. The summed E-state index contributed by atoms with van der Waals surface area (Å²) in [7, 11) is 0. The molecule has 3 aromatic rings. The van der Waals surface area contributed by atoms with Gasteiger partial charge in [-0.2, -0.15) is 10.4 Å². The largest absolute Gasteiger partial charge is 0.258 e. The molecule has 0 spiro atoms. The molecule has 0 atom stereocenters. The standard InChI is InChI=1S/C19H15BrN4S/c1-2-22-19-24(23-12-15-8-6-14(11-21)7-9-15)18(13-25-19)16-4-3-5-17(20)10-16/h3-10,12-13H,2H2,1H3/b22-19?,23-12-. The molecule has 0 unspecified atom stereocenters. The van der Waals surface area contributed by atoms with Crippen molar-refractivity contribution in [2.75, 3.05) is 6.54 Å². The second kappa shape index (κ2) is 8.06. The number of thiazole rings is 1. The lowest BCUT2D eigenvalue weighted by molar-refractivity contribution is 0.833. The van der Waals surface area contributed by atoms with Crippen LogP contribution in [0.15, 0.2) is 68.5 Å². The minimum absolute atomic E-state index is 0.636. The van der Waals surface area contributed by atoms with Crippen LogP contribution in [0.2, 0.25) is 0 Å². The van der Waals surface area contributed by atoms with Gasteiger partial charge in [0, 0.05) is 22.0 Å². The van der Waals surface area contributed by atoms with Crippen molar-refractivity contribution in [1.82, 2.24) is 4.68 Å². The summed E-state index contributed by atoms with van der Waals surface area (Å²) in [6, 6.07) is 17.6. The van der Waals surface area contributed by atoms with Crippen molar-refractivity contribution in [1.29, 1.82) is 5.26 Å². The molecule has 6 heteroatoms. The molecule has 0 aliphatic heterocycles. The van der Waals surface area contributed by atoms with Gasteiger partial charge in [-0.3, -0.25) is 4.99 Å². The Morgan fingerprint density at radius 3 is 2.72 bits per heavy atom. The molecule has 0 saturated heterocycles. The van der Waals surface area contributed by atoms with Gasteiger partial charge in [0.25, 0.3) is 0 Å². The van der Waals surface area contributed by atoms with Crippen LogP contribution in [-0.2, 0) is 0 Å². The maximum Gasteiger partial charge on any atom is 0.206 e. The first kappa shape index (κ1) is 17.3. The van der Waals surface area contributed by atoms with Crippen molar-refractivity contribution in [3.8, 4) is 17.3 Å². The predicted octanol–water partition coefficient (Wildman–Crippen LogP) is 4.65. The van der Waals surface area contributed by atoms with Crippen molar-refractivity contribution in [3.05, 3.63) is 74.3 Å². The monoisotopic (exact) mass is 410 g/mol. The lowest BCUT2D eigenvalue weighted by atomic mass is 10.2. The molecule has 2 aromatic carbocycles. The molecule has 0 aliphatic rings. The number of halogens is 1. The Balaban J connectivity index is 2.04. The first-order chi connectivity index (χ1) is 12.2. The van der Waals surface area contributed by atoms with E-state index in [1.165, 1.54) is 0 Å². The minimum atomic E-state index is 0.636. The highest BCUT2D eigenvalue weighted by Gasteiger charge is 2.07. The molecule has 4 nitrogen and oxygen atoms in total. The van der Waals surface area contributed by atoms with E-state index in [-0.39, 0.29) is 0 Å². The predicted molar refractivity (Wildman–Crippen MR) is 106 cm³/mol. The second-order valence-electron chi connectivity index (χ2n) is 5.18. The molecule has 25 heavy (non-hydrogen) atoms. The van der Waals surface area contributed by atoms with Gasteiger partial charge in [-0.1, -0.05) is 40.2 Å². The van der Waals surface area contributed by atoms with Crippen LogP contribution in [0.1, 0.15) is 18.1 Å². The SMILES string of the molecule is CCN=c1scc(-c2cccc(Br)c2)n1/N=C\c1ccc(C#N)cc1. The van der Waals surface area contributed by atoms with Gasteiger partial charge in [-0.15, -0.1) is 11.3 Å². The summed E-state index contributed by atoms with van der Waals surface area (Å²) < 4.78 is 2.88. The maximum atomic E-state index is 8.89. The summed E-state index contributed by atoms with van der Waals surface area (Å²) >= 11 is 5.08. The number of hydrogen-bond acceptors (Lipinski definition) is 4. The third-order valence-corrected chi connectivity index (χ3v) is 4.81. The van der Waals surface area contributed by atoms with Crippen LogP contribution in [0, 0.1) is 11.3 Å². The zero-order chi connectivity index (χ0) is 17.6. The van der Waals surface area contributed by atoms with Crippen LogP contribution in [0.25, 0.3) is 11.3 Å². The molecule has 3 rings (SSSR count). The highest BCUT2D eigenvalue weighted by Crippen LogP contribution is 2.23. The van der Waals surface area contributed by atoms with Crippen molar-refractivity contribution in [3.63, 3.8) is 0 Å². The van der Waals surface area contributed by atoms with E-state index in [0.29, 0.717) is 12.1 Å². The van der Waals surface area contributed by atoms with Gasteiger partial charge < -0.3 is 0 Å². The Morgan fingerprint density at radius 1 is 1.24 bits per heavy atom. The molecule has 0 bridgehead atoms. The molecule has 0 amide bonds. The van der Waals surface area contributed by atoms with Crippen LogP contribution in [-0.4, -0.2) is 17.4 Å². The number of rotatable bonds is 4. The Bertz CT molecular complexity index is 1010. The van der Waals surface area contributed by atoms with Crippen molar-refractivity contribution >= 4 is 33.5 Å². The Morgan fingerprint density at radius 2 is 2.04 bits per heavy atom. The summed E-state index contributed by atoms with van der Waals surface area (Å²) in [5, 5.41) is 15.6. The molecule has 0 N–H and O–H groups in total. The summed E-state index contributed by atoms with van der Waals surface area (Å²) in [6.45, 7) is 2.71. The Kier molecular flexibility index (Phi) is 5.59. The van der Waals surface area contributed by atoms with E-state index in [4.69, 9.17) is 5.26 Å². The summed E-state index contributed by atoms with van der Waals surface area (Å²) in [5.41, 5.74) is 3.63. The lowest BCUT2D eigenvalue weighted by Gasteiger charge is -2.04. The Hall–Kier alpha value is -2.49. The third-order valence-electron chi connectivity index (χ3n) is 3.46. The van der Waals surface area contributed by atoms with Gasteiger partial charge >= 0.3 is 0 Å². The smallest absolute Gasteiger partial charge is 0.206 e. The molecule has 124 valence electrons. The van der Waals surface area contributed by atoms with E-state index in [0.717, 1.165) is 26.1 Å². The van der Waals surface area contributed by atoms with E-state index >= 15 is 0 Å². The molecular formula is C19H15BrN4S. The van der Waals surface area contributed by atoms with Crippen molar-refractivity contribution in [2.45, 2.75) is 6.92 Å². The van der Waals surface area contributed by atoms with Gasteiger partial charge in [-0.05, 0) is 36.8 Å². The fraction of sp³-hybridized carbons (Fsp3) is 0.105. The number of aromatic nitrogens is 1. The molecule has 1 heterocycles. The fourth-order valence-corrected chi connectivity index (χ4v) is 3.57. The van der Waals surface area contributed by atoms with E-state index in [9.17, 15) is 0 Å². The van der Waals surface area contributed by atoms with Crippen LogP contribution in [0.5, 0.6) is 0 Å². The van der Waals surface area contributed by atoms with Crippen LogP contribution < -0.4 is 4.80 Å². The van der Waals surface area contributed by atoms with Crippen molar-refractivity contribution < 1.29 is 0 Å². The van der Waals surface area contributed by atoms with E-state index in [2.05, 4.69) is 49.6 Å². The minimum Gasteiger partial charge on any atom is -0.258 e. The van der Waals surface area contributed by atoms with Crippen LogP contribution in [0.4, 0.5) is 0 Å². The van der Waals surface area contributed by atoms with Gasteiger partial charge in [0.2, 0.25) is 4.80 Å². The van der Waals surface area contributed by atoms with Gasteiger partial charge in [0.1, 0.15) is 0 Å².